The number of amides is 1. The summed E-state index contributed by atoms with van der Waals surface area (Å²) in [6, 6.07) is 5.24. The van der Waals surface area contributed by atoms with E-state index in [1.165, 1.54) is 0 Å². The molecule has 21 heavy (non-hydrogen) atoms. The van der Waals surface area contributed by atoms with Gasteiger partial charge in [-0.25, -0.2) is 4.39 Å². The number of hydrogen-bond acceptors (Lipinski definition) is 4. The van der Waals surface area contributed by atoms with Crippen LogP contribution < -0.4 is 5.32 Å². The number of alkyl halides is 2. The van der Waals surface area contributed by atoms with E-state index in [-0.39, 0.29) is 11.6 Å². The summed E-state index contributed by atoms with van der Waals surface area (Å²) >= 11 is 5.44. The van der Waals surface area contributed by atoms with Crippen LogP contribution in [0.3, 0.4) is 0 Å². The maximum Gasteiger partial charge on any atom is 0.351 e. The molecule has 2 aromatic rings. The molecule has 2 rings (SSSR count). The van der Waals surface area contributed by atoms with E-state index in [4.69, 9.17) is 16.9 Å². The smallest absolute Gasteiger partial charge is 0.343 e. The van der Waals surface area contributed by atoms with Crippen LogP contribution >= 0.6 is 11.6 Å². The molecular weight excluding hydrogens is 311 g/mol. The van der Waals surface area contributed by atoms with Gasteiger partial charge in [0.2, 0.25) is 5.76 Å². The van der Waals surface area contributed by atoms with Gasteiger partial charge < -0.3 is 9.84 Å². The predicted octanol–water partition coefficient (Wildman–Crippen LogP) is 3.07. The Bertz CT molecular complexity index is 740. The first-order valence-electron chi connectivity index (χ1n) is 5.37. The lowest BCUT2D eigenvalue weighted by Crippen LogP contribution is -2.32. The predicted molar refractivity (Wildman–Crippen MR) is 65.2 cm³/mol. The average Bonchev–Trinajstić information content (AvgIpc) is 2.89. The normalized spacial score (nSPS) is 11.0. The van der Waals surface area contributed by atoms with Crippen LogP contribution in [0.1, 0.15) is 11.3 Å². The van der Waals surface area contributed by atoms with E-state index in [0.717, 1.165) is 24.3 Å². The maximum atomic E-state index is 14.0. The van der Waals surface area contributed by atoms with Gasteiger partial charge in [-0.05, 0) is 6.07 Å². The average molecular weight is 316 g/mol. The van der Waals surface area contributed by atoms with Crippen LogP contribution in [0.15, 0.2) is 28.8 Å². The summed E-state index contributed by atoms with van der Waals surface area (Å²) in [6.07, 6.45) is 0. The van der Waals surface area contributed by atoms with Gasteiger partial charge in [0, 0.05) is 6.07 Å². The van der Waals surface area contributed by atoms with E-state index >= 15 is 0 Å². The molecule has 5 nitrogen and oxygen atoms in total. The van der Waals surface area contributed by atoms with Crippen LogP contribution in [0, 0.1) is 17.1 Å². The molecule has 0 aliphatic carbocycles. The first kappa shape index (κ1) is 14.9. The van der Waals surface area contributed by atoms with Crippen molar-refractivity contribution >= 4 is 23.3 Å². The Morgan fingerprint density at radius 2 is 2.19 bits per heavy atom. The lowest BCUT2D eigenvalue weighted by atomic mass is 10.1. The molecule has 0 spiro atoms. The highest BCUT2D eigenvalue weighted by Crippen LogP contribution is 2.35. The molecule has 0 atom stereocenters. The molecule has 0 saturated heterocycles. The van der Waals surface area contributed by atoms with Crippen LogP contribution in [0.2, 0.25) is 5.02 Å². The number of aromatic nitrogens is 1. The van der Waals surface area contributed by atoms with E-state index in [1.54, 1.807) is 11.4 Å². The molecule has 0 aliphatic rings. The lowest BCUT2D eigenvalue weighted by molar-refractivity contribution is -0.141. The summed E-state index contributed by atoms with van der Waals surface area (Å²) in [5, 5.41) is 12.6. The van der Waals surface area contributed by atoms with Crippen molar-refractivity contribution < 1.29 is 22.5 Å². The number of anilines is 1. The third-order valence-electron chi connectivity index (χ3n) is 2.44. The second-order valence-electron chi connectivity index (χ2n) is 3.82. The van der Waals surface area contributed by atoms with E-state index in [1.807, 2.05) is 0 Å². The fraction of sp³-hybridized carbons (Fsp3) is 0.0833. The molecule has 0 bridgehead atoms. The Labute approximate surface area is 120 Å². The molecule has 108 valence electrons. The zero-order chi connectivity index (χ0) is 15.6. The van der Waals surface area contributed by atoms with Gasteiger partial charge in [-0.3, -0.25) is 4.79 Å². The first-order chi connectivity index (χ1) is 9.86. The zero-order valence-electron chi connectivity index (χ0n) is 10.0. The molecule has 0 aliphatic heterocycles. The molecular formula is C12H5ClF3N3O2. The molecule has 0 radical (unpaired) electrons. The number of hydrogen-bond donors (Lipinski definition) is 1. The summed E-state index contributed by atoms with van der Waals surface area (Å²) in [5.74, 6) is -7.59. The molecule has 9 heteroatoms. The van der Waals surface area contributed by atoms with E-state index in [2.05, 4.69) is 9.68 Å². The van der Waals surface area contributed by atoms with Gasteiger partial charge in [0.15, 0.2) is 5.82 Å². The quantitative estimate of drug-likeness (QED) is 0.944. The third kappa shape index (κ3) is 2.83. The highest BCUT2D eigenvalue weighted by molar-refractivity contribution is 6.32. The van der Waals surface area contributed by atoms with Crippen LogP contribution in [0.25, 0.3) is 0 Å². The van der Waals surface area contributed by atoms with Crippen molar-refractivity contribution in [3.8, 4) is 6.07 Å². The van der Waals surface area contributed by atoms with Gasteiger partial charge in [-0.1, -0.05) is 28.9 Å². The topological polar surface area (TPSA) is 78.9 Å². The Morgan fingerprint density at radius 1 is 1.48 bits per heavy atom. The summed E-state index contributed by atoms with van der Waals surface area (Å²) in [6.45, 7) is 0. The largest absolute Gasteiger partial charge is 0.351 e. The first-order valence-corrected chi connectivity index (χ1v) is 5.74. The number of nitriles is 1. The standard InChI is InChI=1S/C12H5ClF3N3O2/c13-10-7(2-1-3-8(10)14)12(15,16)11(20)18-9-4-6(5-17)21-19-9/h1-4H,(H,18,19,20). The van der Waals surface area contributed by atoms with E-state index in [0.29, 0.717) is 0 Å². The fourth-order valence-electron chi connectivity index (χ4n) is 1.45. The third-order valence-corrected chi connectivity index (χ3v) is 2.82. The monoisotopic (exact) mass is 315 g/mol. The molecule has 0 saturated carbocycles. The number of rotatable bonds is 3. The van der Waals surface area contributed by atoms with Gasteiger partial charge in [-0.2, -0.15) is 14.0 Å². The molecule has 1 aromatic carbocycles. The molecule has 1 heterocycles. The minimum absolute atomic E-state index is 0.266. The van der Waals surface area contributed by atoms with Gasteiger partial charge in [0.25, 0.3) is 0 Å². The number of halogens is 4. The zero-order valence-corrected chi connectivity index (χ0v) is 10.8. The van der Waals surface area contributed by atoms with Crippen molar-refractivity contribution in [3.63, 3.8) is 0 Å². The molecule has 1 N–H and O–H groups in total. The highest BCUT2D eigenvalue weighted by Gasteiger charge is 2.43. The number of carbonyl (C=O) groups is 1. The number of nitrogens with zero attached hydrogens (tertiary/aromatic N) is 2. The van der Waals surface area contributed by atoms with E-state index < -0.39 is 28.2 Å². The Balaban J connectivity index is 2.28. The van der Waals surface area contributed by atoms with Crippen molar-refractivity contribution in [1.29, 1.82) is 5.26 Å². The number of nitrogens with one attached hydrogen (secondary N) is 1. The Kier molecular flexibility index (Phi) is 3.86. The van der Waals surface area contributed by atoms with Crippen LogP contribution in [-0.2, 0) is 10.7 Å². The Hall–Kier alpha value is -2.53. The summed E-state index contributed by atoms with van der Waals surface area (Å²) in [7, 11) is 0. The minimum Gasteiger partial charge on any atom is -0.343 e. The highest BCUT2D eigenvalue weighted by atomic mass is 35.5. The Morgan fingerprint density at radius 3 is 2.81 bits per heavy atom. The summed E-state index contributed by atoms with van der Waals surface area (Å²) in [5.41, 5.74) is -0.981. The molecule has 1 amide bonds. The summed E-state index contributed by atoms with van der Waals surface area (Å²) < 4.78 is 45.6. The van der Waals surface area contributed by atoms with Gasteiger partial charge in [-0.15, -0.1) is 0 Å². The second kappa shape index (κ2) is 5.46. The van der Waals surface area contributed by atoms with Crippen LogP contribution in [0.4, 0.5) is 19.0 Å². The van der Waals surface area contributed by atoms with Crippen LogP contribution in [0.5, 0.6) is 0 Å². The van der Waals surface area contributed by atoms with Crippen molar-refractivity contribution in [3.05, 3.63) is 46.4 Å². The minimum atomic E-state index is -4.09. The van der Waals surface area contributed by atoms with Crippen molar-refractivity contribution in [2.24, 2.45) is 0 Å². The van der Waals surface area contributed by atoms with E-state index in [9.17, 15) is 18.0 Å². The SMILES string of the molecule is N#Cc1cc(NC(=O)C(F)(F)c2cccc(F)c2Cl)no1. The fourth-order valence-corrected chi connectivity index (χ4v) is 1.69. The van der Waals surface area contributed by atoms with Crippen LogP contribution in [-0.4, -0.2) is 11.1 Å². The second-order valence-corrected chi connectivity index (χ2v) is 4.20. The molecule has 0 unspecified atom stereocenters. The van der Waals surface area contributed by atoms with Crippen molar-refractivity contribution in [2.45, 2.75) is 5.92 Å². The van der Waals surface area contributed by atoms with Crippen molar-refractivity contribution in [1.82, 2.24) is 5.16 Å². The number of benzene rings is 1. The lowest BCUT2D eigenvalue weighted by Gasteiger charge is -2.16. The number of carbonyl (C=O) groups excluding carboxylic acids is 1. The van der Waals surface area contributed by atoms with Gasteiger partial charge in [0.05, 0.1) is 10.6 Å². The van der Waals surface area contributed by atoms with Gasteiger partial charge in [0.1, 0.15) is 11.9 Å². The maximum absolute atomic E-state index is 14.0. The summed E-state index contributed by atoms with van der Waals surface area (Å²) in [4.78, 5) is 11.6. The van der Waals surface area contributed by atoms with Gasteiger partial charge >= 0.3 is 11.8 Å². The van der Waals surface area contributed by atoms with Crippen molar-refractivity contribution in [2.75, 3.05) is 5.32 Å². The molecule has 1 aromatic heterocycles. The molecule has 0 fully saturated rings.